The second-order valence-electron chi connectivity index (χ2n) is 5.53. The fourth-order valence-electron chi connectivity index (χ4n) is 3.02. The largest absolute Gasteiger partial charge is 0.317 e. The van der Waals surface area contributed by atoms with Crippen molar-refractivity contribution in [1.82, 2.24) is 10.2 Å². The van der Waals surface area contributed by atoms with Crippen molar-refractivity contribution in [3.8, 4) is 0 Å². The van der Waals surface area contributed by atoms with Crippen LogP contribution in [-0.4, -0.2) is 37.6 Å². The van der Waals surface area contributed by atoms with Crippen molar-refractivity contribution in [2.24, 2.45) is 5.92 Å². The molecule has 0 bridgehead atoms. The van der Waals surface area contributed by atoms with Gasteiger partial charge >= 0.3 is 0 Å². The Labute approximate surface area is 94.4 Å². The fourth-order valence-corrected chi connectivity index (χ4v) is 3.02. The predicted octanol–water partition coefficient (Wildman–Crippen LogP) is 2.25. The Balaban J connectivity index is 1.67. The van der Waals surface area contributed by atoms with Crippen LogP contribution in [0.15, 0.2) is 0 Å². The van der Waals surface area contributed by atoms with E-state index in [9.17, 15) is 0 Å². The lowest BCUT2D eigenvalue weighted by Crippen LogP contribution is -2.41. The maximum Gasteiger partial charge on any atom is 0.00923 e. The third kappa shape index (κ3) is 2.94. The van der Waals surface area contributed by atoms with Gasteiger partial charge in [-0.1, -0.05) is 6.42 Å². The Kier molecular flexibility index (Phi) is 4.04. The average molecular weight is 210 g/mol. The molecule has 0 aliphatic heterocycles. The SMILES string of the molecule is CNC1CCC(CN(C)C2CCC2)CC1. The normalized spacial score (nSPS) is 33.0. The molecule has 2 nitrogen and oxygen atoms in total. The Morgan fingerprint density at radius 1 is 1.07 bits per heavy atom. The monoisotopic (exact) mass is 210 g/mol. The van der Waals surface area contributed by atoms with Crippen molar-refractivity contribution < 1.29 is 0 Å². The maximum absolute atomic E-state index is 3.41. The summed E-state index contributed by atoms with van der Waals surface area (Å²) in [4.78, 5) is 2.62. The maximum atomic E-state index is 3.41. The van der Waals surface area contributed by atoms with Crippen LogP contribution in [0.2, 0.25) is 0 Å². The van der Waals surface area contributed by atoms with Crippen LogP contribution in [0.3, 0.4) is 0 Å². The summed E-state index contributed by atoms with van der Waals surface area (Å²) >= 11 is 0. The summed E-state index contributed by atoms with van der Waals surface area (Å²) in [6, 6.07) is 1.72. The molecule has 0 saturated heterocycles. The quantitative estimate of drug-likeness (QED) is 0.765. The molecule has 0 aromatic rings. The first-order valence-electron chi connectivity index (χ1n) is 6.67. The van der Waals surface area contributed by atoms with Crippen molar-refractivity contribution >= 4 is 0 Å². The lowest BCUT2D eigenvalue weighted by Gasteiger charge is -2.38. The summed E-state index contributed by atoms with van der Waals surface area (Å²) in [6.45, 7) is 1.35. The summed E-state index contributed by atoms with van der Waals surface area (Å²) in [6.07, 6.45) is 10.00. The summed E-state index contributed by atoms with van der Waals surface area (Å²) in [5.41, 5.74) is 0. The third-order valence-electron chi connectivity index (χ3n) is 4.50. The van der Waals surface area contributed by atoms with Gasteiger partial charge in [-0.3, -0.25) is 0 Å². The van der Waals surface area contributed by atoms with Gasteiger partial charge in [-0.05, 0) is 58.5 Å². The second-order valence-corrected chi connectivity index (χ2v) is 5.53. The Bertz CT molecular complexity index is 181. The molecule has 2 aliphatic carbocycles. The van der Waals surface area contributed by atoms with E-state index in [4.69, 9.17) is 0 Å². The molecule has 1 N–H and O–H groups in total. The van der Waals surface area contributed by atoms with Gasteiger partial charge in [0.05, 0.1) is 0 Å². The lowest BCUT2D eigenvalue weighted by atomic mass is 9.84. The summed E-state index contributed by atoms with van der Waals surface area (Å²) in [5, 5.41) is 3.41. The topological polar surface area (TPSA) is 15.3 Å². The first-order chi connectivity index (χ1) is 7.29. The van der Waals surface area contributed by atoms with Gasteiger partial charge in [0, 0.05) is 18.6 Å². The van der Waals surface area contributed by atoms with Gasteiger partial charge < -0.3 is 10.2 Å². The van der Waals surface area contributed by atoms with Crippen molar-refractivity contribution in [2.45, 2.75) is 57.0 Å². The van der Waals surface area contributed by atoms with E-state index < -0.39 is 0 Å². The first kappa shape index (κ1) is 11.4. The van der Waals surface area contributed by atoms with Crippen LogP contribution in [0.4, 0.5) is 0 Å². The number of hydrogen-bond donors (Lipinski definition) is 1. The predicted molar refractivity (Wildman–Crippen MR) is 65.1 cm³/mol. The molecule has 15 heavy (non-hydrogen) atoms. The standard InChI is InChI=1S/C13H26N2/c1-14-12-8-6-11(7-9-12)10-15(2)13-4-3-5-13/h11-14H,3-10H2,1-2H3. The highest BCUT2D eigenvalue weighted by atomic mass is 15.1. The highest BCUT2D eigenvalue weighted by Crippen LogP contribution is 2.28. The Morgan fingerprint density at radius 3 is 2.20 bits per heavy atom. The van der Waals surface area contributed by atoms with Crippen molar-refractivity contribution in [2.75, 3.05) is 20.6 Å². The first-order valence-corrected chi connectivity index (χ1v) is 6.67. The minimum Gasteiger partial charge on any atom is -0.317 e. The molecule has 0 amide bonds. The number of nitrogens with one attached hydrogen (secondary N) is 1. The van der Waals surface area contributed by atoms with E-state index in [1.807, 2.05) is 0 Å². The molecule has 2 heteroatoms. The van der Waals surface area contributed by atoms with Gasteiger partial charge in [-0.15, -0.1) is 0 Å². The molecule has 2 fully saturated rings. The second kappa shape index (κ2) is 5.31. The zero-order chi connectivity index (χ0) is 10.7. The molecule has 0 spiro atoms. The van der Waals surface area contributed by atoms with Gasteiger partial charge in [0.1, 0.15) is 0 Å². The summed E-state index contributed by atoms with van der Waals surface area (Å²) in [5.74, 6) is 0.972. The summed E-state index contributed by atoms with van der Waals surface area (Å²) < 4.78 is 0. The van der Waals surface area contributed by atoms with Crippen LogP contribution in [-0.2, 0) is 0 Å². The number of nitrogens with zero attached hydrogens (tertiary/aromatic N) is 1. The van der Waals surface area contributed by atoms with Crippen molar-refractivity contribution in [3.63, 3.8) is 0 Å². The van der Waals surface area contributed by atoms with Crippen LogP contribution in [0.5, 0.6) is 0 Å². The average Bonchev–Trinajstić information content (AvgIpc) is 2.16. The Hall–Kier alpha value is -0.0800. The van der Waals surface area contributed by atoms with Crippen LogP contribution < -0.4 is 5.32 Å². The van der Waals surface area contributed by atoms with E-state index in [1.165, 1.54) is 51.5 Å². The van der Waals surface area contributed by atoms with Gasteiger partial charge in [0.15, 0.2) is 0 Å². The molecular weight excluding hydrogens is 184 g/mol. The number of rotatable bonds is 4. The van der Waals surface area contributed by atoms with E-state index >= 15 is 0 Å². The molecule has 2 saturated carbocycles. The minimum absolute atomic E-state index is 0.801. The van der Waals surface area contributed by atoms with Crippen LogP contribution in [0, 0.1) is 5.92 Å². The molecule has 2 rings (SSSR count). The molecule has 0 aromatic heterocycles. The smallest absolute Gasteiger partial charge is 0.00923 e. The fraction of sp³-hybridized carbons (Fsp3) is 1.00. The van der Waals surface area contributed by atoms with E-state index in [0.29, 0.717) is 0 Å². The van der Waals surface area contributed by atoms with Gasteiger partial charge in [0.25, 0.3) is 0 Å². The van der Waals surface area contributed by atoms with Gasteiger partial charge in [-0.2, -0.15) is 0 Å². The zero-order valence-corrected chi connectivity index (χ0v) is 10.3. The highest BCUT2D eigenvalue weighted by Gasteiger charge is 2.26. The molecule has 0 heterocycles. The summed E-state index contributed by atoms with van der Waals surface area (Å²) in [7, 11) is 4.43. The van der Waals surface area contributed by atoms with Crippen LogP contribution >= 0.6 is 0 Å². The minimum atomic E-state index is 0.801. The molecule has 2 aliphatic rings. The highest BCUT2D eigenvalue weighted by molar-refractivity contribution is 4.82. The number of hydrogen-bond acceptors (Lipinski definition) is 2. The van der Waals surface area contributed by atoms with Crippen LogP contribution in [0.1, 0.15) is 44.9 Å². The molecule has 88 valence electrons. The van der Waals surface area contributed by atoms with Crippen molar-refractivity contribution in [3.05, 3.63) is 0 Å². The van der Waals surface area contributed by atoms with E-state index in [0.717, 1.165) is 18.0 Å². The van der Waals surface area contributed by atoms with E-state index in [2.05, 4.69) is 24.3 Å². The van der Waals surface area contributed by atoms with E-state index in [1.54, 1.807) is 0 Å². The van der Waals surface area contributed by atoms with Crippen molar-refractivity contribution in [1.29, 1.82) is 0 Å². The molecular formula is C13H26N2. The molecule has 0 unspecified atom stereocenters. The Morgan fingerprint density at radius 2 is 1.73 bits per heavy atom. The lowest BCUT2D eigenvalue weighted by molar-refractivity contribution is 0.122. The molecule has 0 aromatic carbocycles. The zero-order valence-electron chi connectivity index (χ0n) is 10.3. The van der Waals surface area contributed by atoms with Gasteiger partial charge in [-0.25, -0.2) is 0 Å². The molecule has 0 radical (unpaired) electrons. The third-order valence-corrected chi connectivity index (χ3v) is 4.50. The van der Waals surface area contributed by atoms with Crippen LogP contribution in [0.25, 0.3) is 0 Å². The molecule has 0 atom stereocenters. The van der Waals surface area contributed by atoms with E-state index in [-0.39, 0.29) is 0 Å². The van der Waals surface area contributed by atoms with Gasteiger partial charge in [0.2, 0.25) is 0 Å².